The van der Waals surface area contributed by atoms with E-state index in [0.717, 1.165) is 45.9 Å². The van der Waals surface area contributed by atoms with E-state index in [0.29, 0.717) is 11.3 Å². The van der Waals surface area contributed by atoms with Crippen molar-refractivity contribution in [2.24, 2.45) is 0 Å². The molecule has 0 aliphatic heterocycles. The Labute approximate surface area is 225 Å². The van der Waals surface area contributed by atoms with E-state index in [9.17, 15) is 4.39 Å². The van der Waals surface area contributed by atoms with Crippen molar-refractivity contribution in [1.29, 1.82) is 0 Å². The summed E-state index contributed by atoms with van der Waals surface area (Å²) in [5, 5.41) is 1.96. The molecule has 2 aromatic carbocycles. The van der Waals surface area contributed by atoms with Crippen molar-refractivity contribution in [1.82, 2.24) is 19.5 Å². The zero-order chi connectivity index (χ0) is 26.2. The molecule has 0 amide bonds. The van der Waals surface area contributed by atoms with Gasteiger partial charge in [-0.15, -0.1) is 0 Å². The summed E-state index contributed by atoms with van der Waals surface area (Å²) in [4.78, 5) is 13.8. The van der Waals surface area contributed by atoms with Gasteiger partial charge in [0.2, 0.25) is 0 Å². The maximum absolute atomic E-state index is 14.9. The first-order chi connectivity index (χ1) is 19.3. The highest BCUT2D eigenvalue weighted by atomic mass is 19.1. The van der Waals surface area contributed by atoms with Crippen LogP contribution in [0.5, 0.6) is 0 Å². The summed E-state index contributed by atoms with van der Waals surface area (Å²) in [5.74, 6) is -0.350. The maximum atomic E-state index is 14.9. The topological polar surface area (TPSA) is 43.6 Å². The molecule has 1 aliphatic rings. The molecule has 0 unspecified atom stereocenters. The number of pyridine rings is 3. The number of halogens is 1. The van der Waals surface area contributed by atoms with Crippen LogP contribution in [-0.2, 0) is 5.54 Å². The number of nitrogens with zero attached hydrogens (tertiary/aromatic N) is 4. The van der Waals surface area contributed by atoms with Gasteiger partial charge in [0.1, 0.15) is 17.0 Å². The van der Waals surface area contributed by atoms with E-state index in [2.05, 4.69) is 87.4 Å². The van der Waals surface area contributed by atoms with Gasteiger partial charge in [0.05, 0.1) is 16.8 Å². The quantitative estimate of drug-likeness (QED) is 0.238. The summed E-state index contributed by atoms with van der Waals surface area (Å²) in [6.45, 7) is 0. The van der Waals surface area contributed by atoms with Crippen LogP contribution in [0.15, 0.2) is 134 Å². The van der Waals surface area contributed by atoms with Crippen molar-refractivity contribution < 1.29 is 4.39 Å². The molecule has 0 saturated heterocycles. The van der Waals surface area contributed by atoms with Gasteiger partial charge >= 0.3 is 0 Å². The summed E-state index contributed by atoms with van der Waals surface area (Å²) < 4.78 is 17.2. The molecule has 0 saturated carbocycles. The predicted molar refractivity (Wildman–Crippen MR) is 154 cm³/mol. The van der Waals surface area contributed by atoms with E-state index in [-0.39, 0.29) is 5.82 Å². The number of benzene rings is 2. The van der Waals surface area contributed by atoms with Gasteiger partial charge in [-0.3, -0.25) is 9.97 Å². The van der Waals surface area contributed by atoms with Crippen molar-refractivity contribution in [3.63, 3.8) is 0 Å². The van der Waals surface area contributed by atoms with Crippen molar-refractivity contribution >= 4 is 21.9 Å². The Bertz CT molecular complexity index is 1830. The fourth-order valence-corrected chi connectivity index (χ4v) is 5.92. The summed E-state index contributed by atoms with van der Waals surface area (Å²) in [7, 11) is 0. The Hall–Kier alpha value is -4.90. The lowest BCUT2D eigenvalue weighted by atomic mass is 9.74. The standard InChI is InChI=1S/C34H25FN4/c35-30-18-20-36-23-29(30)31-17-16-27-28-22-37-21-19-32(28)39(33(27)38-31)34(24-10-4-1-5-11-24,25-12-6-2-7-13-25)26-14-8-3-9-15-26/h1-2,4-8,10-23H,3,9H2. The average molecular weight is 509 g/mol. The molecule has 7 rings (SSSR count). The molecule has 0 N–H and O–H groups in total. The minimum atomic E-state index is -0.736. The number of aromatic nitrogens is 4. The van der Waals surface area contributed by atoms with Gasteiger partial charge in [0, 0.05) is 35.6 Å². The Morgan fingerprint density at radius 3 is 2.13 bits per heavy atom. The molecule has 6 aromatic rings. The molecular formula is C34H25FN4. The van der Waals surface area contributed by atoms with Crippen molar-refractivity contribution in [3.8, 4) is 11.3 Å². The normalized spacial score (nSPS) is 13.6. The molecule has 0 atom stereocenters. The summed E-state index contributed by atoms with van der Waals surface area (Å²) in [5.41, 5.74) is 5.33. The molecular weight excluding hydrogens is 483 g/mol. The van der Waals surface area contributed by atoms with Gasteiger partial charge in [-0.05, 0) is 53.8 Å². The highest BCUT2D eigenvalue weighted by Crippen LogP contribution is 2.47. The van der Waals surface area contributed by atoms with Gasteiger partial charge in [-0.1, -0.05) is 78.9 Å². The average Bonchev–Trinajstić information content (AvgIpc) is 3.34. The Morgan fingerprint density at radius 2 is 1.44 bits per heavy atom. The molecule has 0 spiro atoms. The number of hydrogen-bond donors (Lipinski definition) is 0. The molecule has 0 fully saturated rings. The molecule has 5 heteroatoms. The first-order valence-corrected chi connectivity index (χ1v) is 13.1. The van der Waals surface area contributed by atoms with Gasteiger partial charge in [0.25, 0.3) is 0 Å². The predicted octanol–water partition coefficient (Wildman–Crippen LogP) is 7.85. The smallest absolute Gasteiger partial charge is 0.143 e. The van der Waals surface area contributed by atoms with Crippen LogP contribution in [0.4, 0.5) is 4.39 Å². The minimum Gasteiger partial charge on any atom is -0.307 e. The summed E-state index contributed by atoms with van der Waals surface area (Å²) in [6.07, 6.45) is 15.5. The third kappa shape index (κ3) is 3.62. The second kappa shape index (κ2) is 9.44. The van der Waals surface area contributed by atoms with Crippen LogP contribution in [0.3, 0.4) is 0 Å². The van der Waals surface area contributed by atoms with Gasteiger partial charge in [-0.2, -0.15) is 0 Å². The van der Waals surface area contributed by atoms with Crippen molar-refractivity contribution in [3.05, 3.63) is 150 Å². The Morgan fingerprint density at radius 1 is 0.718 bits per heavy atom. The number of rotatable bonds is 5. The lowest BCUT2D eigenvalue weighted by Crippen LogP contribution is -2.38. The molecule has 1 aliphatic carbocycles. The molecule has 0 bridgehead atoms. The van der Waals surface area contributed by atoms with Crippen LogP contribution >= 0.6 is 0 Å². The van der Waals surface area contributed by atoms with Crippen LogP contribution in [0.1, 0.15) is 24.0 Å². The van der Waals surface area contributed by atoms with Crippen LogP contribution in [0, 0.1) is 5.82 Å². The van der Waals surface area contributed by atoms with E-state index in [1.165, 1.54) is 24.0 Å². The molecule has 4 nitrogen and oxygen atoms in total. The first-order valence-electron chi connectivity index (χ1n) is 13.1. The highest BCUT2D eigenvalue weighted by Gasteiger charge is 2.42. The lowest BCUT2D eigenvalue weighted by Gasteiger charge is -2.40. The molecule has 0 radical (unpaired) electrons. The highest BCUT2D eigenvalue weighted by molar-refractivity contribution is 6.07. The zero-order valence-corrected chi connectivity index (χ0v) is 21.2. The third-order valence-electron chi connectivity index (χ3n) is 7.59. The SMILES string of the molecule is Fc1ccncc1-c1ccc2c3cnccc3n(C(C3=CCCC=C3)(c3ccccc3)c3ccccc3)c2n1. The monoisotopic (exact) mass is 508 g/mol. The maximum Gasteiger partial charge on any atom is 0.143 e. The summed E-state index contributed by atoms with van der Waals surface area (Å²) in [6, 6.07) is 28.5. The largest absolute Gasteiger partial charge is 0.307 e. The van der Waals surface area contributed by atoms with Crippen molar-refractivity contribution in [2.45, 2.75) is 18.4 Å². The molecule has 188 valence electrons. The number of hydrogen-bond acceptors (Lipinski definition) is 3. The van der Waals surface area contributed by atoms with Crippen molar-refractivity contribution in [2.75, 3.05) is 0 Å². The van der Waals surface area contributed by atoms with Crippen LogP contribution in [0.25, 0.3) is 33.2 Å². The molecule has 4 heterocycles. The van der Waals surface area contributed by atoms with E-state index in [1.54, 1.807) is 0 Å². The van der Waals surface area contributed by atoms with Crippen LogP contribution in [-0.4, -0.2) is 19.5 Å². The zero-order valence-electron chi connectivity index (χ0n) is 21.2. The summed E-state index contributed by atoms with van der Waals surface area (Å²) >= 11 is 0. The number of fused-ring (bicyclic) bond motifs is 3. The molecule has 39 heavy (non-hydrogen) atoms. The van der Waals surface area contributed by atoms with Crippen LogP contribution in [0.2, 0.25) is 0 Å². The fraction of sp³-hybridized carbons (Fsp3) is 0.0882. The van der Waals surface area contributed by atoms with E-state index in [1.807, 2.05) is 36.7 Å². The fourth-order valence-electron chi connectivity index (χ4n) is 5.92. The number of allylic oxidation sites excluding steroid dienone is 4. The second-order valence-corrected chi connectivity index (χ2v) is 9.73. The van der Waals surface area contributed by atoms with E-state index in [4.69, 9.17) is 4.98 Å². The second-order valence-electron chi connectivity index (χ2n) is 9.73. The Kier molecular flexibility index (Phi) is 5.63. The third-order valence-corrected chi connectivity index (χ3v) is 7.59. The van der Waals surface area contributed by atoms with Gasteiger partial charge in [-0.25, -0.2) is 9.37 Å². The Balaban J connectivity index is 1.69. The van der Waals surface area contributed by atoms with Gasteiger partial charge in [0.15, 0.2) is 0 Å². The van der Waals surface area contributed by atoms with E-state index >= 15 is 0 Å². The minimum absolute atomic E-state index is 0.350. The van der Waals surface area contributed by atoms with Crippen LogP contribution < -0.4 is 0 Å². The first kappa shape index (κ1) is 23.2. The van der Waals surface area contributed by atoms with E-state index < -0.39 is 5.54 Å². The van der Waals surface area contributed by atoms with Gasteiger partial charge < -0.3 is 4.57 Å². The molecule has 4 aromatic heterocycles. The lowest BCUT2D eigenvalue weighted by molar-refractivity contribution is 0.540.